The first-order chi connectivity index (χ1) is 20.7. The number of carbonyl (C=O) groups is 2. The zero-order valence-corrected chi connectivity index (χ0v) is 26.4. The van der Waals surface area contributed by atoms with Gasteiger partial charge in [0, 0.05) is 5.75 Å². The molecule has 9 nitrogen and oxygen atoms in total. The molecule has 43 heavy (non-hydrogen) atoms. The molecule has 0 radical (unpaired) electrons. The number of Topliss-reactive ketones (excluding diaryl/α,β-unsaturated/α-hetero) is 1. The monoisotopic (exact) mass is 640 g/mol. The van der Waals surface area contributed by atoms with Crippen LogP contribution in [0.25, 0.3) is 0 Å². The van der Waals surface area contributed by atoms with Crippen LogP contribution in [0.4, 0.5) is 9.52 Å². The highest BCUT2D eigenvalue weighted by atomic mass is 32.2. The van der Waals surface area contributed by atoms with Gasteiger partial charge in [0.25, 0.3) is 5.91 Å². The lowest BCUT2D eigenvalue weighted by atomic mass is 9.95. The number of carbonyl (C=O) groups excluding carboxylic acids is 2. The molecule has 224 valence electrons. The number of aliphatic hydroxyl groups excluding tert-OH is 1. The van der Waals surface area contributed by atoms with E-state index >= 15 is 0 Å². The van der Waals surface area contributed by atoms with Crippen molar-refractivity contribution in [2.24, 2.45) is 0 Å². The number of methoxy groups -OCH3 is 1. The van der Waals surface area contributed by atoms with Crippen LogP contribution in [0.3, 0.4) is 0 Å². The molecule has 2 aromatic carbocycles. The van der Waals surface area contributed by atoms with E-state index < -0.39 is 23.5 Å². The molecule has 1 N–H and O–H groups in total. The average molecular weight is 641 g/mol. The first kappa shape index (κ1) is 30.6. The van der Waals surface area contributed by atoms with Crippen LogP contribution < -0.4 is 14.4 Å². The minimum absolute atomic E-state index is 0.0887. The van der Waals surface area contributed by atoms with Crippen LogP contribution >= 0.6 is 34.4 Å². The zero-order chi connectivity index (χ0) is 30.7. The van der Waals surface area contributed by atoms with Crippen molar-refractivity contribution in [1.29, 1.82) is 0 Å². The topological polar surface area (TPSA) is 115 Å². The fraction of sp³-hybridized carbons (Fsp3) is 0.300. The quantitative estimate of drug-likeness (QED) is 0.0756. The van der Waals surface area contributed by atoms with Crippen LogP contribution in [0.5, 0.6) is 11.5 Å². The van der Waals surface area contributed by atoms with Crippen molar-refractivity contribution in [2.75, 3.05) is 18.6 Å². The van der Waals surface area contributed by atoms with Gasteiger partial charge >= 0.3 is 0 Å². The summed E-state index contributed by atoms with van der Waals surface area (Å²) in [7, 11) is 1.51. The molecule has 0 fully saturated rings. The number of thioether (sulfide) groups is 1. The Hall–Kier alpha value is -3.81. The number of anilines is 1. The molecule has 1 aliphatic rings. The third-order valence-corrected chi connectivity index (χ3v) is 9.91. The summed E-state index contributed by atoms with van der Waals surface area (Å²) >= 11 is 3.58. The highest BCUT2D eigenvalue weighted by Crippen LogP contribution is 2.46. The van der Waals surface area contributed by atoms with Gasteiger partial charge in [0.1, 0.15) is 5.82 Å². The first-order valence-electron chi connectivity index (χ1n) is 13.5. The van der Waals surface area contributed by atoms with Crippen molar-refractivity contribution in [3.8, 4) is 11.5 Å². The highest BCUT2D eigenvalue weighted by Gasteiger charge is 2.47. The van der Waals surface area contributed by atoms with Gasteiger partial charge in [0.15, 0.2) is 21.6 Å². The van der Waals surface area contributed by atoms with Crippen LogP contribution in [0.2, 0.25) is 0 Å². The molecule has 1 unspecified atom stereocenters. The van der Waals surface area contributed by atoms with Crippen molar-refractivity contribution in [3.05, 3.63) is 86.3 Å². The molecule has 1 atom stereocenters. The highest BCUT2D eigenvalue weighted by molar-refractivity contribution is 8.00. The number of amides is 1. The summed E-state index contributed by atoms with van der Waals surface area (Å²) < 4.78 is 26.1. The van der Waals surface area contributed by atoms with E-state index in [0.29, 0.717) is 54.9 Å². The zero-order valence-electron chi connectivity index (χ0n) is 23.9. The number of rotatable bonds is 12. The van der Waals surface area contributed by atoms with Crippen LogP contribution in [-0.4, -0.2) is 45.7 Å². The van der Waals surface area contributed by atoms with Gasteiger partial charge in [0.2, 0.25) is 10.9 Å². The lowest BCUT2D eigenvalue weighted by molar-refractivity contribution is -0.117. The Morgan fingerprint density at radius 2 is 1.93 bits per heavy atom. The maximum atomic E-state index is 14.2. The number of halogens is 1. The molecule has 4 aromatic rings. The van der Waals surface area contributed by atoms with E-state index in [-0.39, 0.29) is 16.5 Å². The second-order valence-corrected chi connectivity index (χ2v) is 13.0. The Balaban J connectivity index is 1.54. The van der Waals surface area contributed by atoms with Crippen molar-refractivity contribution in [2.45, 2.75) is 49.7 Å². The summed E-state index contributed by atoms with van der Waals surface area (Å²) in [5, 5.41) is 20.5. The minimum Gasteiger partial charge on any atom is -0.503 e. The molecule has 13 heteroatoms. The Morgan fingerprint density at radius 3 is 2.63 bits per heavy atom. The van der Waals surface area contributed by atoms with Crippen molar-refractivity contribution in [3.63, 3.8) is 0 Å². The van der Waals surface area contributed by atoms with Crippen molar-refractivity contribution in [1.82, 2.24) is 15.2 Å². The predicted molar refractivity (Wildman–Crippen MR) is 165 cm³/mol. The predicted octanol–water partition coefficient (Wildman–Crippen LogP) is 7.01. The first-order valence-corrected chi connectivity index (χ1v) is 16.1. The maximum absolute atomic E-state index is 14.2. The largest absolute Gasteiger partial charge is 0.503 e. The third-order valence-electron chi connectivity index (χ3n) is 6.73. The van der Waals surface area contributed by atoms with Crippen LogP contribution in [0.15, 0.2) is 58.1 Å². The standard InChI is InChI=1S/C30H29FN4O5S3/c1-5-6-13-40-21-12-11-18(14-22(21)39-4)24-23(25(36)27-16(2)32-17(3)42-27)26(37)28(38)35(24)29-33-34-30(43-29)41-15-19-9-7-8-10-20(19)31/h7-12,14,24,37H,5-6,13,15H2,1-4H3. The van der Waals surface area contributed by atoms with Gasteiger partial charge in [-0.3, -0.25) is 14.5 Å². The Labute approximate surface area is 260 Å². The molecule has 0 bridgehead atoms. The second-order valence-electron chi connectivity index (χ2n) is 9.66. The molecule has 5 rings (SSSR count). The number of unbranched alkanes of at least 4 members (excludes halogenated alkanes) is 1. The summed E-state index contributed by atoms with van der Waals surface area (Å²) in [6, 6.07) is 10.6. The van der Waals surface area contributed by atoms with Gasteiger partial charge < -0.3 is 14.6 Å². The van der Waals surface area contributed by atoms with Gasteiger partial charge in [-0.1, -0.05) is 60.7 Å². The van der Waals surface area contributed by atoms with E-state index in [4.69, 9.17) is 9.47 Å². The fourth-order valence-electron chi connectivity index (χ4n) is 4.63. The number of thiazole rings is 1. The molecular formula is C30H29FN4O5S3. The summed E-state index contributed by atoms with van der Waals surface area (Å²) in [5.74, 6) is -1.02. The van der Waals surface area contributed by atoms with Gasteiger partial charge in [-0.25, -0.2) is 9.37 Å². The van der Waals surface area contributed by atoms with E-state index in [0.717, 1.165) is 24.2 Å². The van der Waals surface area contributed by atoms with Crippen molar-refractivity contribution < 1.29 is 28.6 Å². The van der Waals surface area contributed by atoms with E-state index in [1.54, 1.807) is 50.2 Å². The summed E-state index contributed by atoms with van der Waals surface area (Å²) in [5.41, 5.74) is 1.44. The van der Waals surface area contributed by atoms with Gasteiger partial charge in [-0.2, -0.15) is 0 Å². The van der Waals surface area contributed by atoms with E-state index in [1.807, 2.05) is 0 Å². The summed E-state index contributed by atoms with van der Waals surface area (Å²) in [6.45, 7) is 6.08. The number of aromatic nitrogens is 3. The van der Waals surface area contributed by atoms with Gasteiger partial charge in [0.05, 0.1) is 40.9 Å². The van der Waals surface area contributed by atoms with Crippen molar-refractivity contribution >= 4 is 51.3 Å². The van der Waals surface area contributed by atoms with Crippen LogP contribution in [-0.2, 0) is 10.5 Å². The normalized spacial score (nSPS) is 15.0. The fourth-order valence-corrected chi connectivity index (χ4v) is 7.36. The Kier molecular flexibility index (Phi) is 9.43. The van der Waals surface area contributed by atoms with Gasteiger partial charge in [-0.05, 0) is 49.6 Å². The Bertz CT molecular complexity index is 1700. The number of benzene rings is 2. The second kappa shape index (κ2) is 13.2. The Morgan fingerprint density at radius 1 is 1.14 bits per heavy atom. The maximum Gasteiger partial charge on any atom is 0.296 e. The van der Waals surface area contributed by atoms with Crippen LogP contribution in [0, 0.1) is 19.7 Å². The number of ketones is 1. The number of ether oxygens (including phenoxy) is 2. The smallest absolute Gasteiger partial charge is 0.296 e. The minimum atomic E-state index is -1.03. The molecular weight excluding hydrogens is 612 g/mol. The molecule has 0 aliphatic carbocycles. The molecule has 1 amide bonds. The molecule has 3 heterocycles. The molecule has 0 spiro atoms. The summed E-state index contributed by atoms with van der Waals surface area (Å²) in [6.07, 6.45) is 1.83. The number of nitrogens with zero attached hydrogens (tertiary/aromatic N) is 4. The molecule has 0 saturated carbocycles. The van der Waals surface area contributed by atoms with Gasteiger partial charge in [-0.15, -0.1) is 21.5 Å². The van der Waals surface area contributed by atoms with E-state index in [1.165, 1.54) is 41.2 Å². The lowest BCUT2D eigenvalue weighted by Crippen LogP contribution is -2.31. The SMILES string of the molecule is CCCCOc1ccc(C2C(C(=O)c3sc(C)nc3C)=C(O)C(=O)N2c2nnc(SCc3ccccc3F)s2)cc1OC. The van der Waals surface area contributed by atoms with E-state index in [2.05, 4.69) is 22.1 Å². The molecule has 0 saturated heterocycles. The summed E-state index contributed by atoms with van der Waals surface area (Å²) in [4.78, 5) is 33.5. The number of aliphatic hydroxyl groups is 1. The lowest BCUT2D eigenvalue weighted by Gasteiger charge is -2.24. The molecule has 1 aliphatic heterocycles. The van der Waals surface area contributed by atoms with E-state index in [9.17, 15) is 19.1 Å². The molecule has 2 aromatic heterocycles. The number of hydrogen-bond acceptors (Lipinski definition) is 11. The number of hydrogen-bond donors (Lipinski definition) is 1. The third kappa shape index (κ3) is 6.29. The van der Waals surface area contributed by atoms with Crippen LogP contribution in [0.1, 0.15) is 57.3 Å². The average Bonchev–Trinajstić information content (AvgIpc) is 3.67. The number of aryl methyl sites for hydroxylation is 2.